The molecule has 1 aromatic rings. The molecule has 110 valence electrons. The molecule has 20 heavy (non-hydrogen) atoms. The molecule has 1 aliphatic carbocycles. The summed E-state index contributed by atoms with van der Waals surface area (Å²) in [7, 11) is 0. The number of likely N-dealkylation sites (tertiary alicyclic amines) is 1. The Morgan fingerprint density at radius 2 is 2.10 bits per heavy atom. The summed E-state index contributed by atoms with van der Waals surface area (Å²) in [6, 6.07) is 4.82. The summed E-state index contributed by atoms with van der Waals surface area (Å²) < 4.78 is 5.90. The fourth-order valence-electron chi connectivity index (χ4n) is 2.68. The van der Waals surface area contributed by atoms with Gasteiger partial charge in [0.05, 0.1) is 0 Å². The Bertz CT molecular complexity index is 414. The maximum absolute atomic E-state index is 5.90. The van der Waals surface area contributed by atoms with E-state index in [4.69, 9.17) is 4.74 Å². The second kappa shape index (κ2) is 7.04. The molecule has 3 rings (SSSR count). The van der Waals surface area contributed by atoms with Gasteiger partial charge in [0.25, 0.3) is 0 Å². The van der Waals surface area contributed by atoms with Crippen molar-refractivity contribution in [1.29, 1.82) is 0 Å². The lowest BCUT2D eigenvalue weighted by Crippen LogP contribution is -2.33. The van der Waals surface area contributed by atoms with Crippen molar-refractivity contribution in [3.8, 4) is 5.88 Å². The number of hydrogen-bond donors (Lipinski definition) is 1. The third kappa shape index (κ3) is 4.18. The van der Waals surface area contributed by atoms with E-state index in [-0.39, 0.29) is 0 Å². The van der Waals surface area contributed by atoms with E-state index in [9.17, 15) is 0 Å². The van der Waals surface area contributed by atoms with Gasteiger partial charge in [-0.25, -0.2) is 4.98 Å². The predicted molar refractivity (Wildman–Crippen MR) is 79.9 cm³/mol. The fourth-order valence-corrected chi connectivity index (χ4v) is 2.68. The van der Waals surface area contributed by atoms with Gasteiger partial charge in [0.1, 0.15) is 6.61 Å². The molecule has 1 saturated heterocycles. The van der Waals surface area contributed by atoms with Gasteiger partial charge in [-0.1, -0.05) is 12.5 Å². The lowest BCUT2D eigenvalue weighted by molar-refractivity contribution is 0.179. The van der Waals surface area contributed by atoms with Crippen molar-refractivity contribution in [3.63, 3.8) is 0 Å². The van der Waals surface area contributed by atoms with E-state index >= 15 is 0 Å². The number of nitrogens with one attached hydrogen (secondary N) is 1. The molecule has 0 atom stereocenters. The molecule has 0 amide bonds. The molecule has 1 aromatic heterocycles. The summed E-state index contributed by atoms with van der Waals surface area (Å²) >= 11 is 0. The van der Waals surface area contributed by atoms with Crippen molar-refractivity contribution in [2.24, 2.45) is 0 Å². The Morgan fingerprint density at radius 3 is 2.90 bits per heavy atom. The topological polar surface area (TPSA) is 37.4 Å². The van der Waals surface area contributed by atoms with Crippen molar-refractivity contribution >= 4 is 0 Å². The lowest BCUT2D eigenvalue weighted by Gasteiger charge is -2.26. The first-order chi connectivity index (χ1) is 9.92. The number of rotatable bonds is 7. The van der Waals surface area contributed by atoms with E-state index in [2.05, 4.69) is 21.3 Å². The summed E-state index contributed by atoms with van der Waals surface area (Å²) in [6.07, 6.45) is 8.49. The summed E-state index contributed by atoms with van der Waals surface area (Å²) in [4.78, 5) is 6.87. The van der Waals surface area contributed by atoms with Crippen molar-refractivity contribution in [2.75, 3.05) is 26.2 Å². The van der Waals surface area contributed by atoms with Crippen LogP contribution in [0.25, 0.3) is 0 Å². The molecule has 1 aliphatic heterocycles. The van der Waals surface area contributed by atoms with Gasteiger partial charge in [0, 0.05) is 30.9 Å². The van der Waals surface area contributed by atoms with Crippen LogP contribution in [0.5, 0.6) is 5.88 Å². The number of ether oxygens (including phenoxy) is 1. The molecule has 0 spiro atoms. The van der Waals surface area contributed by atoms with Gasteiger partial charge in [-0.05, 0) is 44.8 Å². The largest absolute Gasteiger partial charge is 0.476 e. The smallest absolute Gasteiger partial charge is 0.217 e. The van der Waals surface area contributed by atoms with Crippen molar-refractivity contribution in [2.45, 2.75) is 44.7 Å². The Balaban J connectivity index is 1.45. The highest BCUT2D eigenvalue weighted by Gasteiger charge is 2.20. The highest BCUT2D eigenvalue weighted by molar-refractivity contribution is 5.25. The third-order valence-electron chi connectivity index (χ3n) is 4.10. The van der Waals surface area contributed by atoms with Crippen molar-refractivity contribution in [1.82, 2.24) is 15.2 Å². The molecule has 0 bridgehead atoms. The first kappa shape index (κ1) is 13.8. The average molecular weight is 275 g/mol. The minimum atomic E-state index is 0.719. The van der Waals surface area contributed by atoms with E-state index in [1.807, 2.05) is 12.3 Å². The maximum Gasteiger partial charge on any atom is 0.217 e. The fraction of sp³-hybridized carbons (Fsp3) is 0.688. The average Bonchev–Trinajstić information content (AvgIpc) is 3.32. The highest BCUT2D eigenvalue weighted by atomic mass is 16.5. The van der Waals surface area contributed by atoms with Crippen LogP contribution in [0, 0.1) is 0 Å². The standard InChI is InChI=1S/C16H25N3O/c1-2-9-19(10-3-1)11-12-20-16-14(5-4-8-17-16)13-18-15-6-7-15/h4-5,8,15,18H,1-3,6-7,9-13H2. The Morgan fingerprint density at radius 1 is 1.25 bits per heavy atom. The van der Waals surface area contributed by atoms with Crippen molar-refractivity contribution < 1.29 is 4.74 Å². The molecule has 0 radical (unpaired) electrons. The second-order valence-electron chi connectivity index (χ2n) is 5.87. The van der Waals surface area contributed by atoms with Gasteiger partial charge in [-0.2, -0.15) is 0 Å². The molecular weight excluding hydrogens is 250 g/mol. The van der Waals surface area contributed by atoms with E-state index in [0.29, 0.717) is 0 Å². The minimum Gasteiger partial charge on any atom is -0.476 e. The van der Waals surface area contributed by atoms with Gasteiger partial charge >= 0.3 is 0 Å². The molecule has 2 fully saturated rings. The highest BCUT2D eigenvalue weighted by Crippen LogP contribution is 2.21. The summed E-state index contributed by atoms with van der Waals surface area (Å²) in [5, 5.41) is 3.52. The van der Waals surface area contributed by atoms with Crippen LogP contribution in [0.1, 0.15) is 37.7 Å². The molecule has 1 saturated carbocycles. The van der Waals surface area contributed by atoms with Gasteiger partial charge in [-0.15, -0.1) is 0 Å². The maximum atomic E-state index is 5.90. The Hall–Kier alpha value is -1.13. The summed E-state index contributed by atoms with van der Waals surface area (Å²) in [5.41, 5.74) is 1.18. The number of aromatic nitrogens is 1. The molecule has 1 N–H and O–H groups in total. The van der Waals surface area contributed by atoms with Crippen LogP contribution in [0.15, 0.2) is 18.3 Å². The van der Waals surface area contributed by atoms with Crippen molar-refractivity contribution in [3.05, 3.63) is 23.9 Å². The number of nitrogens with zero attached hydrogens (tertiary/aromatic N) is 2. The number of hydrogen-bond acceptors (Lipinski definition) is 4. The molecular formula is C16H25N3O. The van der Waals surface area contributed by atoms with E-state index < -0.39 is 0 Å². The zero-order valence-corrected chi connectivity index (χ0v) is 12.2. The molecule has 4 heteroatoms. The molecule has 0 aromatic carbocycles. The number of pyridine rings is 1. The number of piperidine rings is 1. The SMILES string of the molecule is c1cnc(OCCN2CCCCC2)c(CNC2CC2)c1. The van der Waals surface area contributed by atoms with Crippen LogP contribution < -0.4 is 10.1 Å². The Kier molecular flexibility index (Phi) is 4.87. The van der Waals surface area contributed by atoms with E-state index in [0.717, 1.165) is 31.6 Å². The van der Waals surface area contributed by atoms with Gasteiger partial charge < -0.3 is 10.1 Å². The third-order valence-corrected chi connectivity index (χ3v) is 4.10. The quantitative estimate of drug-likeness (QED) is 0.828. The minimum absolute atomic E-state index is 0.719. The van der Waals surface area contributed by atoms with Crippen LogP contribution in [0.2, 0.25) is 0 Å². The molecule has 4 nitrogen and oxygen atoms in total. The first-order valence-electron chi connectivity index (χ1n) is 7.94. The van der Waals surface area contributed by atoms with Gasteiger partial charge in [0.15, 0.2) is 0 Å². The summed E-state index contributed by atoms with van der Waals surface area (Å²) in [6.45, 7) is 5.08. The van der Waals surface area contributed by atoms with Crippen LogP contribution in [0.4, 0.5) is 0 Å². The second-order valence-corrected chi connectivity index (χ2v) is 5.87. The summed E-state index contributed by atoms with van der Waals surface area (Å²) in [5.74, 6) is 0.803. The zero-order valence-electron chi connectivity index (χ0n) is 12.2. The van der Waals surface area contributed by atoms with Gasteiger partial charge in [0.2, 0.25) is 5.88 Å². The zero-order chi connectivity index (χ0) is 13.6. The molecule has 0 unspecified atom stereocenters. The monoisotopic (exact) mass is 275 g/mol. The van der Waals surface area contributed by atoms with Gasteiger partial charge in [-0.3, -0.25) is 4.90 Å². The Labute approximate surface area is 121 Å². The van der Waals surface area contributed by atoms with Crippen LogP contribution in [0.3, 0.4) is 0 Å². The van der Waals surface area contributed by atoms with E-state index in [1.165, 1.54) is 50.8 Å². The first-order valence-corrected chi connectivity index (χ1v) is 7.94. The molecule has 2 heterocycles. The van der Waals surface area contributed by atoms with Crippen LogP contribution in [-0.4, -0.2) is 42.2 Å². The molecule has 2 aliphatic rings. The lowest BCUT2D eigenvalue weighted by atomic mass is 10.1. The predicted octanol–water partition coefficient (Wildman–Crippen LogP) is 2.20. The normalized spacial score (nSPS) is 20.0. The van der Waals surface area contributed by atoms with E-state index in [1.54, 1.807) is 0 Å². The van der Waals surface area contributed by atoms with Crippen LogP contribution in [-0.2, 0) is 6.54 Å². The van der Waals surface area contributed by atoms with Crippen LogP contribution >= 0.6 is 0 Å².